The van der Waals surface area contributed by atoms with Crippen molar-refractivity contribution in [2.75, 3.05) is 26.2 Å². The third-order valence-electron chi connectivity index (χ3n) is 6.11. The molecule has 2 saturated heterocycles. The molecule has 2 aliphatic heterocycles. The second-order valence-corrected chi connectivity index (χ2v) is 7.06. The van der Waals surface area contributed by atoms with Gasteiger partial charge in [0.25, 0.3) is 0 Å². The van der Waals surface area contributed by atoms with Gasteiger partial charge < -0.3 is 10.2 Å². The van der Waals surface area contributed by atoms with E-state index in [0.29, 0.717) is 11.3 Å². The van der Waals surface area contributed by atoms with E-state index in [4.69, 9.17) is 0 Å². The van der Waals surface area contributed by atoms with E-state index < -0.39 is 0 Å². The Morgan fingerprint density at radius 3 is 2.32 bits per heavy atom. The Bertz CT molecular complexity index is 327. The molecule has 2 heterocycles. The second-order valence-electron chi connectivity index (χ2n) is 7.06. The third kappa shape index (κ3) is 2.31. The molecule has 0 aromatic heterocycles. The smallest absolute Gasteiger partial charge is 0.228 e. The minimum Gasteiger partial charge on any atom is -0.342 e. The molecule has 108 valence electrons. The zero-order valence-corrected chi connectivity index (χ0v) is 12.3. The van der Waals surface area contributed by atoms with E-state index >= 15 is 0 Å². The van der Waals surface area contributed by atoms with E-state index in [1.165, 1.54) is 45.2 Å². The molecule has 3 nitrogen and oxygen atoms in total. The molecule has 0 aromatic carbocycles. The molecule has 3 aliphatic rings. The van der Waals surface area contributed by atoms with Crippen LogP contribution < -0.4 is 5.32 Å². The van der Waals surface area contributed by atoms with E-state index in [1.807, 2.05) is 0 Å². The van der Waals surface area contributed by atoms with Crippen LogP contribution >= 0.6 is 0 Å². The number of hydrogen-bond donors (Lipinski definition) is 1. The van der Waals surface area contributed by atoms with Crippen LogP contribution in [-0.4, -0.2) is 37.0 Å². The summed E-state index contributed by atoms with van der Waals surface area (Å²) in [6.45, 7) is 6.55. The molecule has 1 spiro atoms. The van der Waals surface area contributed by atoms with Crippen LogP contribution in [0.4, 0.5) is 0 Å². The van der Waals surface area contributed by atoms with Crippen LogP contribution in [0.25, 0.3) is 0 Å². The Balaban J connectivity index is 1.59. The van der Waals surface area contributed by atoms with Gasteiger partial charge >= 0.3 is 0 Å². The van der Waals surface area contributed by atoms with Crippen molar-refractivity contribution in [3.63, 3.8) is 0 Å². The molecule has 1 saturated carbocycles. The van der Waals surface area contributed by atoms with Gasteiger partial charge in [-0.2, -0.15) is 0 Å². The quantitative estimate of drug-likeness (QED) is 0.831. The summed E-state index contributed by atoms with van der Waals surface area (Å²) in [5.41, 5.74) is 0.545. The second kappa shape index (κ2) is 5.08. The van der Waals surface area contributed by atoms with E-state index in [1.54, 1.807) is 0 Å². The zero-order valence-electron chi connectivity index (χ0n) is 12.3. The highest BCUT2D eigenvalue weighted by molar-refractivity contribution is 5.83. The zero-order chi connectivity index (χ0) is 13.3. The van der Waals surface area contributed by atoms with E-state index in [-0.39, 0.29) is 5.41 Å². The molecule has 0 atom stereocenters. The monoisotopic (exact) mass is 264 g/mol. The number of rotatable bonds is 2. The molecule has 0 radical (unpaired) electrons. The SMILES string of the molecule is CCC1(C(=O)N2CCC3(CCCNC3)CC2)CCC1. The van der Waals surface area contributed by atoms with Gasteiger partial charge in [-0.15, -0.1) is 0 Å². The maximum atomic E-state index is 12.7. The summed E-state index contributed by atoms with van der Waals surface area (Å²) < 4.78 is 0. The van der Waals surface area contributed by atoms with Crippen LogP contribution in [0.3, 0.4) is 0 Å². The Kier molecular flexibility index (Phi) is 3.59. The van der Waals surface area contributed by atoms with Crippen molar-refractivity contribution in [1.82, 2.24) is 10.2 Å². The molecular weight excluding hydrogens is 236 g/mol. The Morgan fingerprint density at radius 2 is 1.84 bits per heavy atom. The molecule has 19 heavy (non-hydrogen) atoms. The summed E-state index contributed by atoms with van der Waals surface area (Å²) in [5.74, 6) is 0.472. The van der Waals surface area contributed by atoms with Crippen molar-refractivity contribution in [2.24, 2.45) is 10.8 Å². The largest absolute Gasteiger partial charge is 0.342 e. The van der Waals surface area contributed by atoms with Gasteiger partial charge in [0.05, 0.1) is 0 Å². The number of nitrogens with one attached hydrogen (secondary N) is 1. The number of carbonyl (C=O) groups excluding carboxylic acids is 1. The number of hydrogen-bond acceptors (Lipinski definition) is 2. The average Bonchev–Trinajstić information content (AvgIpc) is 2.40. The lowest BCUT2D eigenvalue weighted by molar-refractivity contribution is -0.150. The molecular formula is C16H28N2O. The molecule has 1 N–H and O–H groups in total. The van der Waals surface area contributed by atoms with Crippen LogP contribution in [0.2, 0.25) is 0 Å². The fraction of sp³-hybridized carbons (Fsp3) is 0.938. The van der Waals surface area contributed by atoms with E-state index in [0.717, 1.165) is 32.4 Å². The summed E-state index contributed by atoms with van der Waals surface area (Å²) in [7, 11) is 0. The molecule has 0 bridgehead atoms. The minimum absolute atomic E-state index is 0.0370. The Morgan fingerprint density at radius 1 is 1.11 bits per heavy atom. The van der Waals surface area contributed by atoms with Gasteiger partial charge in [0.1, 0.15) is 0 Å². The molecule has 3 heteroatoms. The minimum atomic E-state index is 0.0370. The standard InChI is InChI=1S/C16H28N2O/c1-2-16(6-3-7-16)14(19)18-11-8-15(9-12-18)5-4-10-17-13-15/h17H,2-13H2,1H3. The summed E-state index contributed by atoms with van der Waals surface area (Å²) >= 11 is 0. The number of likely N-dealkylation sites (tertiary alicyclic amines) is 1. The summed E-state index contributed by atoms with van der Waals surface area (Å²) in [4.78, 5) is 14.9. The van der Waals surface area contributed by atoms with Crippen molar-refractivity contribution in [1.29, 1.82) is 0 Å². The fourth-order valence-electron chi connectivity index (χ4n) is 4.30. The average molecular weight is 264 g/mol. The molecule has 0 unspecified atom stereocenters. The van der Waals surface area contributed by atoms with Gasteiger partial charge in [0, 0.05) is 25.0 Å². The summed E-state index contributed by atoms with van der Waals surface area (Å²) in [5, 5.41) is 3.55. The van der Waals surface area contributed by atoms with Gasteiger partial charge in [-0.1, -0.05) is 13.3 Å². The molecule has 0 aromatic rings. The lowest BCUT2D eigenvalue weighted by atomic mass is 9.65. The van der Waals surface area contributed by atoms with Gasteiger partial charge in [-0.3, -0.25) is 4.79 Å². The first-order valence-corrected chi connectivity index (χ1v) is 8.20. The van der Waals surface area contributed by atoms with Crippen molar-refractivity contribution in [3.8, 4) is 0 Å². The highest BCUT2D eigenvalue weighted by atomic mass is 16.2. The molecule has 1 amide bonds. The topological polar surface area (TPSA) is 32.3 Å². The molecule has 3 fully saturated rings. The summed E-state index contributed by atoms with van der Waals surface area (Å²) in [6, 6.07) is 0. The first-order valence-electron chi connectivity index (χ1n) is 8.20. The van der Waals surface area contributed by atoms with Crippen LogP contribution in [0.5, 0.6) is 0 Å². The van der Waals surface area contributed by atoms with Gasteiger partial charge in [0.15, 0.2) is 0 Å². The fourth-order valence-corrected chi connectivity index (χ4v) is 4.30. The normalized spacial score (nSPS) is 29.0. The predicted molar refractivity (Wildman–Crippen MR) is 76.9 cm³/mol. The number of carbonyl (C=O) groups is 1. The van der Waals surface area contributed by atoms with Crippen molar-refractivity contribution >= 4 is 5.91 Å². The Hall–Kier alpha value is -0.570. The molecule has 1 aliphatic carbocycles. The van der Waals surface area contributed by atoms with Crippen LogP contribution in [0, 0.1) is 10.8 Å². The lowest BCUT2D eigenvalue weighted by Crippen LogP contribution is -2.54. The first-order chi connectivity index (χ1) is 9.20. The van der Waals surface area contributed by atoms with Gasteiger partial charge in [-0.25, -0.2) is 0 Å². The van der Waals surface area contributed by atoms with Crippen LogP contribution in [0.1, 0.15) is 58.3 Å². The third-order valence-corrected chi connectivity index (χ3v) is 6.11. The summed E-state index contributed by atoms with van der Waals surface area (Å²) in [6.07, 6.45) is 9.65. The Labute approximate surface area is 117 Å². The van der Waals surface area contributed by atoms with E-state index in [9.17, 15) is 4.79 Å². The first kappa shape index (κ1) is 13.4. The van der Waals surface area contributed by atoms with E-state index in [2.05, 4.69) is 17.1 Å². The number of nitrogens with zero attached hydrogens (tertiary/aromatic N) is 1. The maximum Gasteiger partial charge on any atom is 0.228 e. The lowest BCUT2D eigenvalue weighted by Gasteiger charge is -2.48. The number of amides is 1. The highest BCUT2D eigenvalue weighted by Gasteiger charge is 2.46. The number of piperidine rings is 2. The molecule has 3 rings (SSSR count). The highest BCUT2D eigenvalue weighted by Crippen LogP contribution is 2.46. The van der Waals surface area contributed by atoms with Crippen LogP contribution in [0.15, 0.2) is 0 Å². The maximum absolute atomic E-state index is 12.7. The van der Waals surface area contributed by atoms with Gasteiger partial charge in [-0.05, 0) is 56.9 Å². The predicted octanol–water partition coefficient (Wildman–Crippen LogP) is 2.56. The van der Waals surface area contributed by atoms with Crippen molar-refractivity contribution in [2.45, 2.75) is 58.3 Å². The van der Waals surface area contributed by atoms with Crippen LogP contribution in [-0.2, 0) is 4.79 Å². The van der Waals surface area contributed by atoms with Crippen molar-refractivity contribution < 1.29 is 4.79 Å². The van der Waals surface area contributed by atoms with Gasteiger partial charge in [0.2, 0.25) is 5.91 Å². The van der Waals surface area contributed by atoms with Crippen molar-refractivity contribution in [3.05, 3.63) is 0 Å².